The minimum Gasteiger partial charge on any atom is -0.384 e. The molecule has 5 heteroatoms. The van der Waals surface area contributed by atoms with Gasteiger partial charge in [-0.3, -0.25) is 0 Å². The molecule has 3 rings (SSSR count). The van der Waals surface area contributed by atoms with E-state index in [2.05, 4.69) is 10.1 Å². The van der Waals surface area contributed by atoms with Crippen LogP contribution in [0.3, 0.4) is 0 Å². The van der Waals surface area contributed by atoms with E-state index < -0.39 is 0 Å². The van der Waals surface area contributed by atoms with E-state index in [4.69, 9.17) is 17.3 Å². The fraction of sp³-hybridized carbons (Fsp3) is 0.0769. The number of benzene rings is 1. The highest BCUT2D eigenvalue weighted by Gasteiger charge is 2.09. The number of halogens is 1. The third kappa shape index (κ3) is 1.71. The Morgan fingerprint density at radius 3 is 2.83 bits per heavy atom. The molecular weight excluding hydrogens is 248 g/mol. The SMILES string of the molecule is Cc1ccc(Cl)cc1-c1cc2nccc(N)n2n1. The Labute approximate surface area is 109 Å². The van der Waals surface area contributed by atoms with Crippen LogP contribution in [0.25, 0.3) is 16.9 Å². The summed E-state index contributed by atoms with van der Waals surface area (Å²) in [6.07, 6.45) is 1.67. The van der Waals surface area contributed by atoms with Gasteiger partial charge in [0, 0.05) is 22.8 Å². The van der Waals surface area contributed by atoms with Gasteiger partial charge in [-0.05, 0) is 30.7 Å². The van der Waals surface area contributed by atoms with Crippen LogP contribution in [0.4, 0.5) is 5.82 Å². The van der Waals surface area contributed by atoms with Gasteiger partial charge < -0.3 is 5.73 Å². The average Bonchev–Trinajstić information content (AvgIpc) is 2.77. The smallest absolute Gasteiger partial charge is 0.157 e. The van der Waals surface area contributed by atoms with Gasteiger partial charge in [-0.1, -0.05) is 17.7 Å². The lowest BCUT2D eigenvalue weighted by molar-refractivity contribution is 0.955. The summed E-state index contributed by atoms with van der Waals surface area (Å²) in [5, 5.41) is 5.14. The van der Waals surface area contributed by atoms with Crippen LogP contribution in [0.15, 0.2) is 36.5 Å². The van der Waals surface area contributed by atoms with Crippen LogP contribution in [0.2, 0.25) is 5.02 Å². The van der Waals surface area contributed by atoms with E-state index in [1.807, 2.05) is 31.2 Å². The van der Waals surface area contributed by atoms with Crippen LogP contribution in [-0.4, -0.2) is 14.6 Å². The van der Waals surface area contributed by atoms with E-state index in [-0.39, 0.29) is 0 Å². The Morgan fingerprint density at radius 2 is 2.06 bits per heavy atom. The van der Waals surface area contributed by atoms with E-state index in [0.717, 1.165) is 22.5 Å². The van der Waals surface area contributed by atoms with Crippen molar-refractivity contribution >= 4 is 23.1 Å². The molecule has 3 aromatic rings. The number of anilines is 1. The highest BCUT2D eigenvalue weighted by Crippen LogP contribution is 2.26. The Hall–Kier alpha value is -2.07. The Balaban J connectivity index is 2.26. The third-order valence-electron chi connectivity index (χ3n) is 2.86. The lowest BCUT2D eigenvalue weighted by Crippen LogP contribution is -1.98. The number of hydrogen-bond acceptors (Lipinski definition) is 3. The van der Waals surface area contributed by atoms with Crippen LogP contribution < -0.4 is 5.73 Å². The maximum atomic E-state index is 6.02. The van der Waals surface area contributed by atoms with Crippen LogP contribution in [0.1, 0.15) is 5.56 Å². The Bertz CT molecular complexity index is 733. The number of nitrogens with two attached hydrogens (primary N) is 1. The second kappa shape index (κ2) is 3.99. The molecule has 0 spiro atoms. The molecule has 0 aliphatic heterocycles. The van der Waals surface area contributed by atoms with Crippen molar-refractivity contribution < 1.29 is 0 Å². The predicted molar refractivity (Wildman–Crippen MR) is 72.6 cm³/mol. The largest absolute Gasteiger partial charge is 0.384 e. The van der Waals surface area contributed by atoms with Crippen molar-refractivity contribution in [3.63, 3.8) is 0 Å². The number of nitrogens with zero attached hydrogens (tertiary/aromatic N) is 3. The van der Waals surface area contributed by atoms with Gasteiger partial charge in [-0.15, -0.1) is 0 Å². The summed E-state index contributed by atoms with van der Waals surface area (Å²) < 4.78 is 1.62. The lowest BCUT2D eigenvalue weighted by Gasteiger charge is -2.02. The summed E-state index contributed by atoms with van der Waals surface area (Å²) in [5.74, 6) is 0.561. The molecule has 0 saturated carbocycles. The number of fused-ring (bicyclic) bond motifs is 1. The van der Waals surface area contributed by atoms with Crippen LogP contribution in [-0.2, 0) is 0 Å². The molecule has 0 amide bonds. The quantitative estimate of drug-likeness (QED) is 0.730. The number of aromatic nitrogens is 3. The summed E-state index contributed by atoms with van der Waals surface area (Å²) in [7, 11) is 0. The van der Waals surface area contributed by atoms with Crippen molar-refractivity contribution in [2.75, 3.05) is 5.73 Å². The Kier molecular flexibility index (Phi) is 2.45. The van der Waals surface area contributed by atoms with Crippen molar-refractivity contribution in [2.24, 2.45) is 0 Å². The van der Waals surface area contributed by atoms with Crippen LogP contribution in [0, 0.1) is 6.92 Å². The zero-order valence-corrected chi connectivity index (χ0v) is 10.5. The first-order valence-electron chi connectivity index (χ1n) is 5.52. The molecule has 4 nitrogen and oxygen atoms in total. The van der Waals surface area contributed by atoms with Crippen molar-refractivity contribution in [1.29, 1.82) is 0 Å². The minimum atomic E-state index is 0.561. The summed E-state index contributed by atoms with van der Waals surface area (Å²) in [4.78, 5) is 4.23. The fourth-order valence-corrected chi connectivity index (χ4v) is 2.09. The molecule has 18 heavy (non-hydrogen) atoms. The molecule has 0 aliphatic rings. The molecule has 2 N–H and O–H groups in total. The van der Waals surface area contributed by atoms with Gasteiger partial charge in [0.25, 0.3) is 0 Å². The molecule has 1 aromatic carbocycles. The van der Waals surface area contributed by atoms with E-state index in [9.17, 15) is 0 Å². The molecule has 2 aromatic heterocycles. The monoisotopic (exact) mass is 258 g/mol. The van der Waals surface area contributed by atoms with Gasteiger partial charge in [0.05, 0.1) is 5.69 Å². The molecule has 90 valence electrons. The second-order valence-corrected chi connectivity index (χ2v) is 4.56. The summed E-state index contributed by atoms with van der Waals surface area (Å²) in [6.45, 7) is 2.02. The Morgan fingerprint density at radius 1 is 1.22 bits per heavy atom. The molecule has 0 aliphatic carbocycles. The van der Waals surface area contributed by atoms with Gasteiger partial charge in [0.2, 0.25) is 0 Å². The number of rotatable bonds is 1. The topological polar surface area (TPSA) is 56.2 Å². The summed E-state index contributed by atoms with van der Waals surface area (Å²) in [6, 6.07) is 9.35. The highest BCUT2D eigenvalue weighted by atomic mass is 35.5. The van der Waals surface area contributed by atoms with Gasteiger partial charge in [0.1, 0.15) is 5.82 Å². The van der Waals surface area contributed by atoms with E-state index in [0.29, 0.717) is 10.8 Å². The first-order chi connectivity index (χ1) is 8.65. The molecule has 0 fully saturated rings. The van der Waals surface area contributed by atoms with Crippen molar-refractivity contribution in [3.05, 3.63) is 47.1 Å². The first kappa shape index (κ1) is 11.0. The highest BCUT2D eigenvalue weighted by molar-refractivity contribution is 6.30. The zero-order valence-electron chi connectivity index (χ0n) is 9.76. The van der Waals surface area contributed by atoms with E-state index in [1.165, 1.54) is 0 Å². The van der Waals surface area contributed by atoms with Gasteiger partial charge in [0.15, 0.2) is 5.65 Å². The standard InChI is InChI=1S/C13H11ClN4/c1-8-2-3-9(14)6-10(8)11-7-13-16-5-4-12(15)18(13)17-11/h2-7H,15H2,1H3. The molecular formula is C13H11ClN4. The molecule has 0 atom stereocenters. The maximum Gasteiger partial charge on any atom is 0.157 e. The van der Waals surface area contributed by atoms with Gasteiger partial charge in [-0.25, -0.2) is 4.98 Å². The van der Waals surface area contributed by atoms with Crippen molar-refractivity contribution in [3.8, 4) is 11.3 Å². The van der Waals surface area contributed by atoms with Gasteiger partial charge in [-0.2, -0.15) is 9.61 Å². The summed E-state index contributed by atoms with van der Waals surface area (Å²) >= 11 is 6.02. The lowest BCUT2D eigenvalue weighted by atomic mass is 10.1. The summed E-state index contributed by atoms with van der Waals surface area (Å²) in [5.41, 5.74) is 9.50. The van der Waals surface area contributed by atoms with Crippen molar-refractivity contribution in [1.82, 2.24) is 14.6 Å². The molecule has 0 unspecified atom stereocenters. The van der Waals surface area contributed by atoms with Crippen LogP contribution >= 0.6 is 11.6 Å². The molecule has 2 heterocycles. The molecule has 0 bridgehead atoms. The van der Waals surface area contributed by atoms with Crippen molar-refractivity contribution in [2.45, 2.75) is 6.92 Å². The van der Waals surface area contributed by atoms with E-state index >= 15 is 0 Å². The molecule has 0 radical (unpaired) electrons. The fourth-order valence-electron chi connectivity index (χ4n) is 1.92. The van der Waals surface area contributed by atoms with E-state index in [1.54, 1.807) is 16.8 Å². The number of nitrogen functional groups attached to an aromatic ring is 1. The molecule has 0 saturated heterocycles. The first-order valence-corrected chi connectivity index (χ1v) is 5.90. The normalized spacial score (nSPS) is 11.0. The predicted octanol–water partition coefficient (Wildman–Crippen LogP) is 2.94. The number of hydrogen-bond donors (Lipinski definition) is 1. The minimum absolute atomic E-state index is 0.561. The maximum absolute atomic E-state index is 6.02. The van der Waals surface area contributed by atoms with Crippen LogP contribution in [0.5, 0.6) is 0 Å². The number of aryl methyl sites for hydroxylation is 1. The average molecular weight is 259 g/mol. The zero-order chi connectivity index (χ0) is 12.7. The second-order valence-electron chi connectivity index (χ2n) is 4.13. The van der Waals surface area contributed by atoms with Gasteiger partial charge >= 0.3 is 0 Å². The third-order valence-corrected chi connectivity index (χ3v) is 3.10.